The highest BCUT2D eigenvalue weighted by Gasteiger charge is 2.30. The van der Waals surface area contributed by atoms with E-state index in [2.05, 4.69) is 390 Å². The highest BCUT2D eigenvalue weighted by molar-refractivity contribution is 7.28. The third kappa shape index (κ3) is 12.0. The quantitative estimate of drug-likeness (QED) is 0.146. The average molecular weight is 1790 g/mol. The first-order chi connectivity index (χ1) is 67.5. The Morgan fingerprint density at radius 2 is 0.478 bits per heavy atom. The van der Waals surface area contributed by atoms with E-state index in [1.165, 1.54) is 147 Å². The smallest absolute Gasteiger partial charge is 0.237 e. The zero-order valence-electron chi connectivity index (χ0n) is 72.5. The van der Waals surface area contributed by atoms with Gasteiger partial charge in [-0.2, -0.15) is 15.0 Å². The topological polar surface area (TPSA) is 131 Å². The lowest BCUT2D eigenvalue weighted by Crippen LogP contribution is -2.04. The fourth-order valence-electron chi connectivity index (χ4n) is 21.1. The van der Waals surface area contributed by atoms with E-state index in [1.807, 2.05) is 82.9 Å². The van der Waals surface area contributed by atoms with Crippen molar-refractivity contribution in [1.29, 1.82) is 0 Å². The molecule has 0 saturated heterocycles. The van der Waals surface area contributed by atoms with Crippen LogP contribution in [-0.4, -0.2) is 58.6 Å². The molecule has 15 heteroatoms. The second-order valence-corrected chi connectivity index (χ2v) is 37.6. The van der Waals surface area contributed by atoms with Crippen LogP contribution in [0.4, 0.5) is 0 Å². The fourth-order valence-corrected chi connectivity index (χ4v) is 24.9. The molecule has 12 aromatic heterocycles. The molecule has 0 saturated carbocycles. The first-order valence-corrected chi connectivity index (χ1v) is 47.9. The SMILES string of the molecule is c1ccc(-c2ccc(-c3nc(-n4c5ccccc5c5c6c7ccccc7sc6c6ccccc6c54)nc4ncccc34)cc2)cc1.c1ccc(-c2cccc(-c3nc(-n4c5ccccc5c5c6c7ccccc7sc6c6ccccc6c54)nc4ncccc34)c2)cc1.c1ccc2c(-c3nc(-n4c5ccccc5c5c6c7ccccc7sc6c6ccccc6c54)nc4ncccc34)cccc2c1. The first kappa shape index (κ1) is 77.3. The van der Waals surface area contributed by atoms with Gasteiger partial charge in [-0.05, 0) is 112 Å². The number of hydrogen-bond donors (Lipinski definition) is 0. The minimum Gasteiger partial charge on any atom is -0.277 e. The lowest BCUT2D eigenvalue weighted by Gasteiger charge is -2.13. The number of para-hydroxylation sites is 3. The maximum Gasteiger partial charge on any atom is 0.237 e. The molecular weight excluding hydrogens is 1720 g/mol. The predicted octanol–water partition coefficient (Wildman–Crippen LogP) is 32.4. The van der Waals surface area contributed by atoms with Crippen LogP contribution in [0, 0.1) is 0 Å². The number of rotatable bonds is 8. The highest BCUT2D eigenvalue weighted by Crippen LogP contribution is 2.53. The monoisotopic (exact) mass is 1790 g/mol. The Kier molecular flexibility index (Phi) is 17.7. The number of benzene rings is 18. The molecule has 0 fully saturated rings. The van der Waals surface area contributed by atoms with Gasteiger partial charge in [0.25, 0.3) is 0 Å². The van der Waals surface area contributed by atoms with Crippen LogP contribution < -0.4 is 0 Å². The van der Waals surface area contributed by atoms with Crippen LogP contribution in [0.15, 0.2) is 425 Å². The van der Waals surface area contributed by atoms with Crippen molar-refractivity contribution in [3.63, 3.8) is 0 Å². The fraction of sp³-hybridized carbons (Fsp3) is 0. The van der Waals surface area contributed by atoms with E-state index in [9.17, 15) is 0 Å². The van der Waals surface area contributed by atoms with E-state index in [-0.39, 0.29) is 0 Å². The third-order valence-corrected chi connectivity index (χ3v) is 30.6. The van der Waals surface area contributed by atoms with E-state index in [0.717, 1.165) is 94.0 Å². The molecule has 0 N–H and O–H groups in total. The number of pyridine rings is 3. The average Bonchev–Trinajstić information content (AvgIpc) is 1.54. The second kappa shape index (κ2) is 31.1. The summed E-state index contributed by atoms with van der Waals surface area (Å²) in [6, 6.07) is 144. The van der Waals surface area contributed by atoms with Gasteiger partial charge < -0.3 is 0 Å². The Balaban J connectivity index is 0.000000101. The Morgan fingerprint density at radius 3 is 0.912 bits per heavy atom. The van der Waals surface area contributed by atoms with Gasteiger partial charge in [-0.25, -0.2) is 29.9 Å². The number of nitrogens with zero attached hydrogens (tertiary/aromatic N) is 12. The van der Waals surface area contributed by atoms with Gasteiger partial charge in [0.15, 0.2) is 16.9 Å². The molecule has 30 rings (SSSR count). The summed E-state index contributed by atoms with van der Waals surface area (Å²) >= 11 is 5.61. The summed E-state index contributed by atoms with van der Waals surface area (Å²) in [4.78, 5) is 45.9. The summed E-state index contributed by atoms with van der Waals surface area (Å²) in [7, 11) is 0. The molecule has 0 radical (unpaired) electrons. The molecule has 12 heterocycles. The van der Waals surface area contributed by atoms with Crippen LogP contribution in [-0.2, 0) is 0 Å². The maximum atomic E-state index is 5.42. The summed E-state index contributed by atoms with van der Waals surface area (Å²) in [5.74, 6) is 1.85. The zero-order chi connectivity index (χ0) is 89.2. The molecule has 0 unspecified atom stereocenters. The van der Waals surface area contributed by atoms with Crippen LogP contribution in [0.5, 0.6) is 0 Å². The van der Waals surface area contributed by atoms with Gasteiger partial charge in [0.05, 0.1) is 50.2 Å². The van der Waals surface area contributed by atoms with Crippen molar-refractivity contribution in [3.8, 4) is 73.9 Å². The molecule has 0 atom stereocenters. The Morgan fingerprint density at radius 1 is 0.184 bits per heavy atom. The molecular formula is C121H70N12S3. The van der Waals surface area contributed by atoms with Crippen molar-refractivity contribution >= 4 is 236 Å². The number of aromatic nitrogens is 12. The van der Waals surface area contributed by atoms with Crippen molar-refractivity contribution in [2.24, 2.45) is 0 Å². The number of hydrogen-bond acceptors (Lipinski definition) is 12. The van der Waals surface area contributed by atoms with Crippen molar-refractivity contribution < 1.29 is 0 Å². The standard InChI is InChI=1S/2C41H24N4S.C39H22N4S/c1-2-12-25(13-3-1)26-14-10-15-27(24-26)37-32-20-11-23-42-40(32)44-41(43-37)45-33-21-8-6-18-30(33)35-36-31-19-7-9-22-34(31)46-39(36)29-17-5-4-16-28(29)38(35)45;1-2-11-25(12-3-1)26-20-22-27(23-21-26)37-32-17-10-24-42-40(32)44-41(43-37)45-33-18-8-6-15-30(33)35-36-31-16-7-9-19-34(31)46-39(36)29-14-5-4-13-28(29)38(35)45;1-2-13-24-23(11-1)12-9-18-25(24)35-30-19-10-22-40-38(30)42-39(41-35)43-31-20-7-5-16-28(31)33-34-29-17-6-8-21-32(29)44-37(34)27-15-4-3-14-26(27)36(33)43/h2*1-24H;1-22H. The van der Waals surface area contributed by atoms with E-state index >= 15 is 0 Å². The largest absolute Gasteiger partial charge is 0.277 e. The minimum atomic E-state index is 0.613. The Bertz CT molecular complexity index is 10200. The summed E-state index contributed by atoms with van der Waals surface area (Å²) < 4.78 is 14.6. The summed E-state index contributed by atoms with van der Waals surface area (Å²) in [5, 5.41) is 27.4. The van der Waals surface area contributed by atoms with Gasteiger partial charge in [0.1, 0.15) is 0 Å². The molecule has 0 bridgehead atoms. The second-order valence-electron chi connectivity index (χ2n) is 34.4. The van der Waals surface area contributed by atoms with E-state index < -0.39 is 0 Å². The summed E-state index contributed by atoms with van der Waals surface area (Å²) in [6.45, 7) is 0. The van der Waals surface area contributed by atoms with Gasteiger partial charge in [-0.15, -0.1) is 34.0 Å². The Labute approximate surface area is 787 Å². The molecule has 18 aromatic carbocycles. The van der Waals surface area contributed by atoms with Gasteiger partial charge in [-0.1, -0.05) is 328 Å². The van der Waals surface area contributed by atoms with Crippen LogP contribution in [0.3, 0.4) is 0 Å². The maximum absolute atomic E-state index is 5.42. The lowest BCUT2D eigenvalue weighted by molar-refractivity contribution is 1.01. The van der Waals surface area contributed by atoms with E-state index in [4.69, 9.17) is 44.9 Å². The van der Waals surface area contributed by atoms with Gasteiger partial charge in [0, 0.05) is 177 Å². The van der Waals surface area contributed by atoms with Crippen molar-refractivity contribution in [2.75, 3.05) is 0 Å². The predicted molar refractivity (Wildman–Crippen MR) is 571 cm³/mol. The molecule has 30 aromatic rings. The van der Waals surface area contributed by atoms with Gasteiger partial charge in [-0.3, -0.25) is 13.7 Å². The molecule has 0 spiro atoms. The van der Waals surface area contributed by atoms with Crippen LogP contribution >= 0.6 is 34.0 Å². The van der Waals surface area contributed by atoms with Crippen molar-refractivity contribution in [1.82, 2.24) is 58.6 Å². The van der Waals surface area contributed by atoms with Crippen LogP contribution in [0.25, 0.3) is 276 Å². The first-order valence-electron chi connectivity index (χ1n) is 45.5. The third-order valence-electron chi connectivity index (χ3n) is 27.0. The molecule has 0 aliphatic carbocycles. The van der Waals surface area contributed by atoms with Crippen molar-refractivity contribution in [3.05, 3.63) is 425 Å². The van der Waals surface area contributed by atoms with Crippen LogP contribution in [0.2, 0.25) is 0 Å². The van der Waals surface area contributed by atoms with Crippen LogP contribution in [0.1, 0.15) is 0 Å². The molecule has 0 amide bonds. The molecule has 12 nitrogen and oxygen atoms in total. The summed E-state index contributed by atoms with van der Waals surface area (Å²) in [6.07, 6.45) is 5.43. The molecule has 632 valence electrons. The van der Waals surface area contributed by atoms with Gasteiger partial charge >= 0.3 is 0 Å². The number of fused-ring (bicyclic) bond motifs is 34. The normalized spacial score (nSPS) is 12.0. The summed E-state index contributed by atoms with van der Waals surface area (Å²) in [5.41, 5.74) is 19.0. The molecule has 0 aliphatic heterocycles. The minimum absolute atomic E-state index is 0.613. The molecule has 136 heavy (non-hydrogen) atoms. The van der Waals surface area contributed by atoms with Gasteiger partial charge in [0.2, 0.25) is 17.8 Å². The van der Waals surface area contributed by atoms with E-state index in [0.29, 0.717) is 34.8 Å². The highest BCUT2D eigenvalue weighted by atomic mass is 32.1. The van der Waals surface area contributed by atoms with E-state index in [1.54, 1.807) is 0 Å². The Hall–Kier alpha value is -17.5. The molecule has 0 aliphatic rings. The zero-order valence-corrected chi connectivity index (χ0v) is 75.0. The lowest BCUT2D eigenvalue weighted by atomic mass is 10.00. The number of thiophene rings is 3. The van der Waals surface area contributed by atoms with Crippen molar-refractivity contribution in [2.45, 2.75) is 0 Å².